The average molecular weight is 224 g/mol. The van der Waals surface area contributed by atoms with Crippen molar-refractivity contribution in [3.05, 3.63) is 32.8 Å². The Labute approximate surface area is 84.3 Å². The number of rotatable bonds is 1. The summed E-state index contributed by atoms with van der Waals surface area (Å²) in [6.07, 6.45) is 1.15. The van der Waals surface area contributed by atoms with Crippen molar-refractivity contribution in [2.45, 2.75) is 0 Å². The minimum Gasteiger partial charge on any atom is -0.411 e. The van der Waals surface area contributed by atoms with Gasteiger partial charge in [-0.3, -0.25) is 0 Å². The van der Waals surface area contributed by atoms with Crippen molar-refractivity contribution in [3.8, 4) is 0 Å². The van der Waals surface area contributed by atoms with E-state index in [0.29, 0.717) is 20.6 Å². The number of oxime groups is 1. The Morgan fingerprint density at radius 1 is 1.17 bits per heavy atom. The van der Waals surface area contributed by atoms with Gasteiger partial charge in [-0.25, -0.2) is 0 Å². The molecule has 0 fully saturated rings. The molecule has 1 rings (SSSR count). The maximum Gasteiger partial charge on any atom is 0.0763 e. The summed E-state index contributed by atoms with van der Waals surface area (Å²) in [6.45, 7) is 0. The third-order valence-electron chi connectivity index (χ3n) is 1.23. The van der Waals surface area contributed by atoms with E-state index in [2.05, 4.69) is 5.16 Å². The Morgan fingerprint density at radius 3 is 2.08 bits per heavy atom. The quantitative estimate of drug-likeness (QED) is 0.442. The molecule has 1 N–H and O–H groups in total. The first-order valence-corrected chi connectivity index (χ1v) is 4.10. The van der Waals surface area contributed by atoms with E-state index < -0.39 is 0 Å². The highest BCUT2D eigenvalue weighted by Crippen LogP contribution is 2.27. The van der Waals surface area contributed by atoms with Crippen LogP contribution in [-0.4, -0.2) is 11.4 Å². The third kappa shape index (κ3) is 2.03. The molecule has 0 aromatic heterocycles. The van der Waals surface area contributed by atoms with E-state index in [1.54, 1.807) is 0 Å². The molecule has 1 aromatic carbocycles. The number of nitrogens with zero attached hydrogens (tertiary/aromatic N) is 1. The van der Waals surface area contributed by atoms with Crippen LogP contribution in [0, 0.1) is 0 Å². The largest absolute Gasteiger partial charge is 0.411 e. The minimum atomic E-state index is 0.352. The van der Waals surface area contributed by atoms with E-state index in [0.717, 1.165) is 6.21 Å². The van der Waals surface area contributed by atoms with Crippen LogP contribution in [0.3, 0.4) is 0 Å². The molecule has 0 bridgehead atoms. The lowest BCUT2D eigenvalue weighted by molar-refractivity contribution is 0.322. The van der Waals surface area contributed by atoms with Crippen LogP contribution in [0.15, 0.2) is 17.3 Å². The van der Waals surface area contributed by atoms with E-state index in [-0.39, 0.29) is 0 Å². The molecule has 0 aliphatic heterocycles. The standard InChI is InChI=1S/C7H4Cl3NO/c8-4-1-6(9)5(3-11-12)7(10)2-4/h1-3,12H/b11-3-. The highest BCUT2D eigenvalue weighted by atomic mass is 35.5. The molecule has 0 aliphatic rings. The second-order valence-corrected chi connectivity index (χ2v) is 3.28. The Kier molecular flexibility index (Phi) is 3.20. The molecular formula is C7H4Cl3NO. The molecule has 0 spiro atoms. The van der Waals surface area contributed by atoms with E-state index >= 15 is 0 Å². The van der Waals surface area contributed by atoms with E-state index in [4.69, 9.17) is 40.0 Å². The molecule has 0 aliphatic carbocycles. The second kappa shape index (κ2) is 3.99. The lowest BCUT2D eigenvalue weighted by Crippen LogP contribution is -1.85. The van der Waals surface area contributed by atoms with Gasteiger partial charge < -0.3 is 5.21 Å². The molecule has 0 atom stereocenters. The summed E-state index contributed by atoms with van der Waals surface area (Å²) < 4.78 is 0. The van der Waals surface area contributed by atoms with Crippen LogP contribution in [0.5, 0.6) is 0 Å². The lowest BCUT2D eigenvalue weighted by atomic mass is 10.2. The van der Waals surface area contributed by atoms with Crippen molar-refractivity contribution in [3.63, 3.8) is 0 Å². The fourth-order valence-electron chi connectivity index (χ4n) is 0.734. The van der Waals surface area contributed by atoms with Crippen LogP contribution < -0.4 is 0 Å². The molecule has 1 aromatic rings. The molecule has 0 saturated carbocycles. The van der Waals surface area contributed by atoms with Gasteiger partial charge in [0, 0.05) is 10.6 Å². The summed E-state index contributed by atoms with van der Waals surface area (Å²) in [7, 11) is 0. The van der Waals surface area contributed by atoms with Crippen LogP contribution in [0.2, 0.25) is 15.1 Å². The highest BCUT2D eigenvalue weighted by Gasteiger charge is 2.04. The zero-order valence-corrected chi connectivity index (χ0v) is 8.03. The fraction of sp³-hybridized carbons (Fsp3) is 0. The van der Waals surface area contributed by atoms with Gasteiger partial charge in [-0.15, -0.1) is 0 Å². The summed E-state index contributed by atoms with van der Waals surface area (Å²) >= 11 is 17.1. The Morgan fingerprint density at radius 2 is 1.67 bits per heavy atom. The number of benzene rings is 1. The average Bonchev–Trinajstić information content (AvgIpc) is 1.96. The zero-order valence-electron chi connectivity index (χ0n) is 5.76. The summed E-state index contributed by atoms with van der Waals surface area (Å²) in [5.41, 5.74) is 0.449. The SMILES string of the molecule is O/N=C\c1c(Cl)cc(Cl)cc1Cl. The summed E-state index contributed by atoms with van der Waals surface area (Å²) in [5.74, 6) is 0. The first-order valence-electron chi connectivity index (χ1n) is 2.97. The van der Waals surface area contributed by atoms with Crippen LogP contribution in [-0.2, 0) is 0 Å². The van der Waals surface area contributed by atoms with Crippen LogP contribution in [0.1, 0.15) is 5.56 Å². The minimum absolute atomic E-state index is 0.352. The molecule has 0 amide bonds. The van der Waals surface area contributed by atoms with E-state index in [1.807, 2.05) is 0 Å². The highest BCUT2D eigenvalue weighted by molar-refractivity contribution is 6.41. The first-order chi connectivity index (χ1) is 5.65. The van der Waals surface area contributed by atoms with E-state index in [1.165, 1.54) is 12.1 Å². The second-order valence-electron chi connectivity index (χ2n) is 2.03. The van der Waals surface area contributed by atoms with Crippen molar-refractivity contribution < 1.29 is 5.21 Å². The monoisotopic (exact) mass is 223 g/mol. The zero-order chi connectivity index (χ0) is 9.14. The van der Waals surface area contributed by atoms with Gasteiger partial charge in [0.05, 0.1) is 16.3 Å². The fourth-order valence-corrected chi connectivity index (χ4v) is 1.65. The van der Waals surface area contributed by atoms with Crippen molar-refractivity contribution in [2.75, 3.05) is 0 Å². The first kappa shape index (κ1) is 9.65. The molecule has 0 radical (unpaired) electrons. The summed E-state index contributed by atoms with van der Waals surface area (Å²) in [4.78, 5) is 0. The Balaban J connectivity index is 3.28. The topological polar surface area (TPSA) is 32.6 Å². The van der Waals surface area contributed by atoms with Crippen LogP contribution in [0.4, 0.5) is 0 Å². The smallest absolute Gasteiger partial charge is 0.0763 e. The van der Waals surface area contributed by atoms with Gasteiger partial charge >= 0.3 is 0 Å². The third-order valence-corrected chi connectivity index (χ3v) is 2.07. The molecule has 12 heavy (non-hydrogen) atoms. The van der Waals surface area contributed by atoms with Gasteiger partial charge in [-0.1, -0.05) is 40.0 Å². The van der Waals surface area contributed by atoms with Crippen molar-refractivity contribution in [1.29, 1.82) is 0 Å². The van der Waals surface area contributed by atoms with E-state index in [9.17, 15) is 0 Å². The van der Waals surface area contributed by atoms with Crippen molar-refractivity contribution in [2.24, 2.45) is 5.16 Å². The predicted molar refractivity (Wildman–Crippen MR) is 50.9 cm³/mol. The Bertz CT molecular complexity index is 301. The number of hydrogen-bond donors (Lipinski definition) is 1. The summed E-state index contributed by atoms with van der Waals surface area (Å²) in [6, 6.07) is 3.04. The maximum absolute atomic E-state index is 8.26. The van der Waals surface area contributed by atoms with Gasteiger partial charge in [0.1, 0.15) is 0 Å². The molecule has 2 nitrogen and oxygen atoms in total. The van der Waals surface area contributed by atoms with Crippen LogP contribution >= 0.6 is 34.8 Å². The number of halogens is 3. The normalized spacial score (nSPS) is 10.9. The maximum atomic E-state index is 8.26. The molecule has 0 unspecified atom stereocenters. The van der Waals surface area contributed by atoms with Gasteiger partial charge in [0.2, 0.25) is 0 Å². The summed E-state index contributed by atoms with van der Waals surface area (Å²) in [5, 5.41) is 12.2. The van der Waals surface area contributed by atoms with Gasteiger partial charge in [-0.2, -0.15) is 0 Å². The van der Waals surface area contributed by atoms with Crippen molar-refractivity contribution >= 4 is 41.0 Å². The lowest BCUT2D eigenvalue weighted by Gasteiger charge is -2.00. The molecule has 0 saturated heterocycles. The molecule has 0 heterocycles. The number of hydrogen-bond acceptors (Lipinski definition) is 2. The Hall–Kier alpha value is -0.440. The van der Waals surface area contributed by atoms with Crippen molar-refractivity contribution in [1.82, 2.24) is 0 Å². The molecule has 64 valence electrons. The van der Waals surface area contributed by atoms with Crippen LogP contribution in [0.25, 0.3) is 0 Å². The molecule has 5 heteroatoms. The predicted octanol–water partition coefficient (Wildman–Crippen LogP) is 3.45. The van der Waals surface area contributed by atoms with Gasteiger partial charge in [0.15, 0.2) is 0 Å². The van der Waals surface area contributed by atoms with Gasteiger partial charge in [0.25, 0.3) is 0 Å². The van der Waals surface area contributed by atoms with Gasteiger partial charge in [-0.05, 0) is 12.1 Å². The molecular weight excluding hydrogens is 220 g/mol.